The number of anilines is 1. The van der Waals surface area contributed by atoms with Gasteiger partial charge in [0.2, 0.25) is 0 Å². The SMILES string of the molecule is O=C(COC(=O)c1nn(-c2ccccc2)c2c1CCC2)Nc1ccccc1[N+](=O)[O-]. The Labute approximate surface area is 171 Å². The Balaban J connectivity index is 1.46. The van der Waals surface area contributed by atoms with Gasteiger partial charge in [0.25, 0.3) is 11.6 Å². The number of ether oxygens (including phenoxy) is 1. The molecule has 0 bridgehead atoms. The summed E-state index contributed by atoms with van der Waals surface area (Å²) in [5, 5.41) is 17.9. The van der Waals surface area contributed by atoms with Crippen LogP contribution in [0.2, 0.25) is 0 Å². The topological polar surface area (TPSA) is 116 Å². The van der Waals surface area contributed by atoms with E-state index >= 15 is 0 Å². The van der Waals surface area contributed by atoms with Crippen LogP contribution < -0.4 is 5.32 Å². The predicted molar refractivity (Wildman–Crippen MR) is 108 cm³/mol. The van der Waals surface area contributed by atoms with Gasteiger partial charge in [-0.2, -0.15) is 5.10 Å². The van der Waals surface area contributed by atoms with Crippen molar-refractivity contribution in [2.75, 3.05) is 11.9 Å². The molecule has 0 atom stereocenters. The van der Waals surface area contributed by atoms with Gasteiger partial charge < -0.3 is 10.1 Å². The Hall–Kier alpha value is -4.01. The Morgan fingerprint density at radius 3 is 2.60 bits per heavy atom. The first-order valence-electron chi connectivity index (χ1n) is 9.41. The van der Waals surface area contributed by atoms with Gasteiger partial charge in [0.05, 0.1) is 10.6 Å². The van der Waals surface area contributed by atoms with E-state index in [9.17, 15) is 19.7 Å². The van der Waals surface area contributed by atoms with Gasteiger partial charge in [-0.3, -0.25) is 14.9 Å². The van der Waals surface area contributed by atoms with Gasteiger partial charge in [0, 0.05) is 17.3 Å². The largest absolute Gasteiger partial charge is 0.451 e. The molecule has 30 heavy (non-hydrogen) atoms. The maximum Gasteiger partial charge on any atom is 0.359 e. The summed E-state index contributed by atoms with van der Waals surface area (Å²) in [6, 6.07) is 15.2. The minimum Gasteiger partial charge on any atom is -0.451 e. The zero-order chi connectivity index (χ0) is 21.1. The number of nitrogens with one attached hydrogen (secondary N) is 1. The van der Waals surface area contributed by atoms with E-state index in [2.05, 4.69) is 10.4 Å². The van der Waals surface area contributed by atoms with Crippen LogP contribution in [0.15, 0.2) is 54.6 Å². The van der Waals surface area contributed by atoms with Crippen molar-refractivity contribution in [2.45, 2.75) is 19.3 Å². The first kappa shape index (κ1) is 19.3. The molecule has 0 fully saturated rings. The van der Waals surface area contributed by atoms with Gasteiger partial charge in [0.15, 0.2) is 12.3 Å². The summed E-state index contributed by atoms with van der Waals surface area (Å²) in [6.45, 7) is -0.572. The molecule has 0 radical (unpaired) electrons. The van der Waals surface area contributed by atoms with Crippen molar-refractivity contribution in [2.24, 2.45) is 0 Å². The smallest absolute Gasteiger partial charge is 0.359 e. The molecule has 1 aliphatic rings. The number of fused-ring (bicyclic) bond motifs is 1. The van der Waals surface area contributed by atoms with Crippen molar-refractivity contribution in [1.82, 2.24) is 9.78 Å². The molecular weight excluding hydrogens is 388 g/mol. The fourth-order valence-electron chi connectivity index (χ4n) is 3.51. The molecule has 1 aromatic heterocycles. The van der Waals surface area contributed by atoms with E-state index in [0.717, 1.165) is 36.2 Å². The Kier molecular flexibility index (Phi) is 5.25. The van der Waals surface area contributed by atoms with Crippen LogP contribution in [0.3, 0.4) is 0 Å². The lowest BCUT2D eigenvalue weighted by molar-refractivity contribution is -0.383. The number of aromatic nitrogens is 2. The number of hydrogen-bond donors (Lipinski definition) is 1. The molecule has 1 amide bonds. The zero-order valence-corrected chi connectivity index (χ0v) is 15.9. The maximum absolute atomic E-state index is 12.6. The highest BCUT2D eigenvalue weighted by Gasteiger charge is 2.28. The highest BCUT2D eigenvalue weighted by Crippen LogP contribution is 2.28. The van der Waals surface area contributed by atoms with E-state index in [4.69, 9.17) is 4.74 Å². The quantitative estimate of drug-likeness (QED) is 0.382. The number of rotatable bonds is 6. The highest BCUT2D eigenvalue weighted by atomic mass is 16.6. The predicted octanol–water partition coefficient (Wildman–Crippen LogP) is 3.06. The molecule has 4 rings (SSSR count). The first-order valence-corrected chi connectivity index (χ1v) is 9.41. The van der Waals surface area contributed by atoms with Crippen LogP contribution >= 0.6 is 0 Å². The number of nitro groups is 1. The Morgan fingerprint density at radius 1 is 1.10 bits per heavy atom. The van der Waals surface area contributed by atoms with Crippen LogP contribution in [0.1, 0.15) is 28.2 Å². The molecule has 0 saturated heterocycles. The highest BCUT2D eigenvalue weighted by molar-refractivity contribution is 5.96. The van der Waals surface area contributed by atoms with Crippen LogP contribution in [0.25, 0.3) is 5.69 Å². The van der Waals surface area contributed by atoms with Gasteiger partial charge in [0.1, 0.15) is 5.69 Å². The Morgan fingerprint density at radius 2 is 1.83 bits per heavy atom. The lowest BCUT2D eigenvalue weighted by Crippen LogP contribution is -2.22. The number of carbonyl (C=O) groups excluding carboxylic acids is 2. The van der Waals surface area contributed by atoms with Crippen molar-refractivity contribution >= 4 is 23.3 Å². The number of benzene rings is 2. The maximum atomic E-state index is 12.6. The van der Waals surface area contributed by atoms with E-state index in [1.54, 1.807) is 10.7 Å². The lowest BCUT2D eigenvalue weighted by atomic mass is 10.2. The van der Waals surface area contributed by atoms with Gasteiger partial charge in [-0.05, 0) is 37.5 Å². The average molecular weight is 406 g/mol. The van der Waals surface area contributed by atoms with E-state index < -0.39 is 23.4 Å². The molecule has 0 aliphatic heterocycles. The second kappa shape index (κ2) is 8.16. The molecule has 1 aliphatic carbocycles. The molecule has 3 aromatic rings. The van der Waals surface area contributed by atoms with E-state index in [0.29, 0.717) is 0 Å². The fraction of sp³-hybridized carbons (Fsp3) is 0.190. The molecule has 1 N–H and O–H groups in total. The third-order valence-corrected chi connectivity index (χ3v) is 4.83. The lowest BCUT2D eigenvalue weighted by Gasteiger charge is -2.07. The molecule has 1 heterocycles. The summed E-state index contributed by atoms with van der Waals surface area (Å²) >= 11 is 0. The second-order valence-corrected chi connectivity index (χ2v) is 6.77. The second-order valence-electron chi connectivity index (χ2n) is 6.77. The summed E-state index contributed by atoms with van der Waals surface area (Å²) in [5.41, 5.74) is 2.66. The van der Waals surface area contributed by atoms with Gasteiger partial charge in [-0.25, -0.2) is 9.48 Å². The molecule has 9 nitrogen and oxygen atoms in total. The van der Waals surface area contributed by atoms with Crippen LogP contribution in [0.5, 0.6) is 0 Å². The first-order chi connectivity index (χ1) is 14.5. The minimum atomic E-state index is -0.694. The summed E-state index contributed by atoms with van der Waals surface area (Å²) in [4.78, 5) is 35.2. The molecule has 0 unspecified atom stereocenters. The third kappa shape index (κ3) is 3.77. The van der Waals surface area contributed by atoms with E-state index in [1.165, 1.54) is 18.2 Å². The number of esters is 1. The van der Waals surface area contributed by atoms with E-state index in [1.807, 2.05) is 30.3 Å². The molecule has 0 spiro atoms. The number of carbonyl (C=O) groups is 2. The van der Waals surface area contributed by atoms with Crippen molar-refractivity contribution < 1.29 is 19.2 Å². The Bertz CT molecular complexity index is 1120. The summed E-state index contributed by atoms with van der Waals surface area (Å²) < 4.78 is 6.88. The molecule has 152 valence electrons. The van der Waals surface area contributed by atoms with Gasteiger partial charge in [-0.15, -0.1) is 0 Å². The van der Waals surface area contributed by atoms with Crippen molar-refractivity contribution in [3.05, 3.63) is 81.7 Å². The van der Waals surface area contributed by atoms with Crippen LogP contribution in [0, 0.1) is 10.1 Å². The number of hydrogen-bond acceptors (Lipinski definition) is 6. The number of para-hydroxylation sites is 3. The summed E-state index contributed by atoms with van der Waals surface area (Å²) in [6.07, 6.45) is 2.44. The summed E-state index contributed by atoms with van der Waals surface area (Å²) in [5.74, 6) is -1.36. The van der Waals surface area contributed by atoms with Crippen molar-refractivity contribution in [3.8, 4) is 5.69 Å². The standard InChI is InChI=1S/C21H18N4O5/c26-19(22-16-10-4-5-11-18(16)25(28)29)13-30-21(27)20-15-9-6-12-17(15)24(23-20)14-7-2-1-3-8-14/h1-5,7-8,10-11H,6,9,12-13H2,(H,22,26). The van der Waals surface area contributed by atoms with Crippen LogP contribution in [0.4, 0.5) is 11.4 Å². The van der Waals surface area contributed by atoms with Gasteiger partial charge >= 0.3 is 5.97 Å². The van der Waals surface area contributed by atoms with Crippen molar-refractivity contribution in [1.29, 1.82) is 0 Å². The normalized spacial score (nSPS) is 12.3. The molecule has 2 aromatic carbocycles. The molecular formula is C21H18N4O5. The van der Waals surface area contributed by atoms with E-state index in [-0.39, 0.29) is 17.1 Å². The summed E-state index contributed by atoms with van der Waals surface area (Å²) in [7, 11) is 0. The zero-order valence-electron chi connectivity index (χ0n) is 15.9. The van der Waals surface area contributed by atoms with Crippen molar-refractivity contribution in [3.63, 3.8) is 0 Å². The number of amides is 1. The number of nitro benzene ring substituents is 1. The van der Waals surface area contributed by atoms with Crippen LogP contribution in [-0.4, -0.2) is 33.2 Å². The average Bonchev–Trinajstić information content (AvgIpc) is 3.36. The molecule has 9 heteroatoms. The minimum absolute atomic E-state index is 0.0396. The molecule has 0 saturated carbocycles. The number of nitrogens with zero attached hydrogens (tertiary/aromatic N) is 3. The fourth-order valence-corrected chi connectivity index (χ4v) is 3.51. The van der Waals surface area contributed by atoms with Gasteiger partial charge in [-0.1, -0.05) is 30.3 Å². The van der Waals surface area contributed by atoms with Crippen LogP contribution in [-0.2, 0) is 22.4 Å². The monoisotopic (exact) mass is 406 g/mol. The third-order valence-electron chi connectivity index (χ3n) is 4.83.